The zero-order valence-corrected chi connectivity index (χ0v) is 20.9. The maximum atomic E-state index is 13.4. The summed E-state index contributed by atoms with van der Waals surface area (Å²) in [7, 11) is 0. The molecule has 0 aromatic carbocycles. The highest BCUT2D eigenvalue weighted by Crippen LogP contribution is 2.42. The smallest absolute Gasteiger partial charge is 0.248 e. The zero-order chi connectivity index (χ0) is 25.7. The molecule has 0 saturated carbocycles. The summed E-state index contributed by atoms with van der Waals surface area (Å²) in [4.78, 5) is 19.1. The molecule has 2 aliphatic heterocycles. The average Bonchev–Trinajstić information content (AvgIpc) is 3.58. The molecule has 1 N–H and O–H groups in total. The van der Waals surface area contributed by atoms with Crippen molar-refractivity contribution in [2.45, 2.75) is 60.7 Å². The minimum atomic E-state index is -0.445. The number of carbonyl (C=O) groups is 1. The van der Waals surface area contributed by atoms with Crippen molar-refractivity contribution in [3.05, 3.63) is 60.1 Å². The van der Waals surface area contributed by atoms with Gasteiger partial charge >= 0.3 is 0 Å². The van der Waals surface area contributed by atoms with Gasteiger partial charge in [-0.05, 0) is 50.8 Å². The van der Waals surface area contributed by atoms with Gasteiger partial charge in [-0.1, -0.05) is 11.8 Å². The SMILES string of the molecule is Cc1c(-c2cc(Sc3ccc(F)cn3)c3c(C#N)cnn3c2)cnn1[C@H]1CC2CC[C@H](C1)N2C(=O)CO. The first-order valence-corrected chi connectivity index (χ1v) is 13.0. The third-order valence-corrected chi connectivity index (χ3v) is 8.43. The van der Waals surface area contributed by atoms with Crippen molar-refractivity contribution in [3.63, 3.8) is 0 Å². The Morgan fingerprint density at radius 3 is 2.65 bits per heavy atom. The first-order chi connectivity index (χ1) is 18.0. The summed E-state index contributed by atoms with van der Waals surface area (Å²) < 4.78 is 17.1. The molecule has 9 nitrogen and oxygen atoms in total. The van der Waals surface area contributed by atoms with Gasteiger partial charge in [0.2, 0.25) is 5.91 Å². The van der Waals surface area contributed by atoms with Crippen LogP contribution in [0.5, 0.6) is 0 Å². The highest BCUT2D eigenvalue weighted by molar-refractivity contribution is 7.99. The molecule has 4 aromatic rings. The summed E-state index contributed by atoms with van der Waals surface area (Å²) in [5.41, 5.74) is 3.97. The van der Waals surface area contributed by atoms with Crippen LogP contribution in [-0.2, 0) is 4.79 Å². The number of hydrogen-bond donors (Lipinski definition) is 1. The van der Waals surface area contributed by atoms with Crippen LogP contribution >= 0.6 is 11.8 Å². The summed E-state index contributed by atoms with van der Waals surface area (Å²) in [6.45, 7) is 1.59. The lowest BCUT2D eigenvalue weighted by Gasteiger charge is -2.39. The summed E-state index contributed by atoms with van der Waals surface area (Å²) in [5.74, 6) is -0.595. The predicted molar refractivity (Wildman–Crippen MR) is 133 cm³/mol. The predicted octanol–water partition coefficient (Wildman–Crippen LogP) is 3.75. The van der Waals surface area contributed by atoms with Crippen molar-refractivity contribution >= 4 is 23.2 Å². The van der Waals surface area contributed by atoms with Crippen LogP contribution in [0, 0.1) is 24.1 Å². The number of fused-ring (bicyclic) bond motifs is 3. The zero-order valence-electron chi connectivity index (χ0n) is 20.1. The number of aliphatic hydroxyl groups excluding tert-OH is 1. The number of halogens is 1. The van der Waals surface area contributed by atoms with E-state index in [1.807, 2.05) is 30.3 Å². The van der Waals surface area contributed by atoms with Gasteiger partial charge in [-0.3, -0.25) is 9.48 Å². The van der Waals surface area contributed by atoms with Gasteiger partial charge in [-0.2, -0.15) is 15.5 Å². The van der Waals surface area contributed by atoms with Gasteiger partial charge in [0.15, 0.2) is 0 Å². The number of pyridine rings is 2. The van der Waals surface area contributed by atoms with Gasteiger partial charge in [0.1, 0.15) is 23.5 Å². The van der Waals surface area contributed by atoms with Crippen molar-refractivity contribution in [2.75, 3.05) is 6.61 Å². The van der Waals surface area contributed by atoms with E-state index in [1.54, 1.807) is 10.6 Å². The number of aromatic nitrogens is 5. The summed E-state index contributed by atoms with van der Waals surface area (Å²) in [6, 6.07) is 7.59. The molecule has 2 aliphatic rings. The lowest BCUT2D eigenvalue weighted by atomic mass is 9.96. The lowest BCUT2D eigenvalue weighted by Crippen LogP contribution is -2.48. The Morgan fingerprint density at radius 2 is 1.97 bits per heavy atom. The molecule has 6 heterocycles. The van der Waals surface area contributed by atoms with Crippen LogP contribution < -0.4 is 0 Å². The van der Waals surface area contributed by atoms with Crippen molar-refractivity contribution in [3.8, 4) is 17.2 Å². The Labute approximate surface area is 216 Å². The second-order valence-electron chi connectivity index (χ2n) is 9.53. The fourth-order valence-electron chi connectivity index (χ4n) is 5.84. The average molecular weight is 518 g/mol. The number of hydrogen-bond acceptors (Lipinski definition) is 7. The maximum Gasteiger partial charge on any atom is 0.248 e. The van der Waals surface area contributed by atoms with Gasteiger partial charge in [-0.25, -0.2) is 13.9 Å². The molecule has 6 rings (SSSR count). The van der Waals surface area contributed by atoms with E-state index in [1.165, 1.54) is 30.2 Å². The highest BCUT2D eigenvalue weighted by atomic mass is 32.2. The molecule has 1 amide bonds. The Hall–Kier alpha value is -3.75. The molecule has 188 valence electrons. The molecule has 0 spiro atoms. The third kappa shape index (κ3) is 4.06. The first-order valence-electron chi connectivity index (χ1n) is 12.1. The number of piperidine rings is 1. The number of rotatable bonds is 5. The number of aliphatic hydroxyl groups is 1. The Bertz CT molecular complexity index is 1530. The van der Waals surface area contributed by atoms with E-state index in [-0.39, 0.29) is 24.0 Å². The molecule has 11 heteroatoms. The minimum Gasteiger partial charge on any atom is -0.387 e. The Morgan fingerprint density at radius 1 is 1.19 bits per heavy atom. The van der Waals surface area contributed by atoms with Gasteiger partial charge in [0.25, 0.3) is 0 Å². The molecule has 2 saturated heterocycles. The number of nitriles is 1. The molecule has 0 aliphatic carbocycles. The number of amides is 1. The molecule has 0 radical (unpaired) electrons. The quantitative estimate of drug-likeness (QED) is 0.429. The van der Waals surface area contributed by atoms with Gasteiger partial charge in [0, 0.05) is 40.0 Å². The van der Waals surface area contributed by atoms with E-state index in [4.69, 9.17) is 5.10 Å². The number of nitrogens with zero attached hydrogens (tertiary/aromatic N) is 7. The topological polar surface area (TPSA) is 112 Å². The first kappa shape index (κ1) is 23.6. The van der Waals surface area contributed by atoms with Crippen LogP contribution in [0.4, 0.5) is 4.39 Å². The standard InChI is InChI=1S/C26H24FN7O2S/c1-15-22(12-31-34(15)21-7-19-3-4-20(8-21)33(19)25(36)14-35)16-6-23(37-24-5-2-18(27)11-29-24)26-17(9-28)10-30-32(26)13-16/h2,5-6,10-13,19-21,35H,3-4,7-8,14H2,1H3/t19-,20?,21-/m1/s1. The number of carbonyl (C=O) groups excluding carboxylic acids is 1. The maximum absolute atomic E-state index is 13.4. The van der Waals surface area contributed by atoms with Crippen LogP contribution in [-0.4, -0.2) is 59.0 Å². The molecule has 2 fully saturated rings. The van der Waals surface area contributed by atoms with Gasteiger partial charge < -0.3 is 10.0 Å². The molecule has 2 bridgehead atoms. The van der Waals surface area contributed by atoms with Crippen LogP contribution in [0.2, 0.25) is 0 Å². The Kier molecular flexibility index (Phi) is 5.93. The van der Waals surface area contributed by atoms with Crippen molar-refractivity contribution in [2.24, 2.45) is 0 Å². The van der Waals surface area contributed by atoms with E-state index in [9.17, 15) is 19.6 Å². The second kappa shape index (κ2) is 9.28. The molecule has 3 atom stereocenters. The largest absolute Gasteiger partial charge is 0.387 e. The van der Waals surface area contributed by atoms with Crippen LogP contribution in [0.25, 0.3) is 16.6 Å². The fourth-order valence-corrected chi connectivity index (χ4v) is 6.79. The normalized spacial score (nSPS) is 20.9. The van der Waals surface area contributed by atoms with Gasteiger partial charge in [0.05, 0.1) is 35.7 Å². The molecular weight excluding hydrogens is 493 g/mol. The van der Waals surface area contributed by atoms with Crippen LogP contribution in [0.3, 0.4) is 0 Å². The minimum absolute atomic E-state index is 0.131. The lowest BCUT2D eigenvalue weighted by molar-refractivity contribution is -0.139. The monoisotopic (exact) mass is 517 g/mol. The van der Waals surface area contributed by atoms with Gasteiger partial charge in [-0.15, -0.1) is 0 Å². The summed E-state index contributed by atoms with van der Waals surface area (Å²) in [6.07, 6.45) is 9.98. The molecule has 37 heavy (non-hydrogen) atoms. The van der Waals surface area contributed by atoms with Crippen LogP contribution in [0.15, 0.2) is 52.9 Å². The van der Waals surface area contributed by atoms with E-state index < -0.39 is 12.4 Å². The third-order valence-electron chi connectivity index (χ3n) is 7.45. The molecule has 4 aromatic heterocycles. The Balaban J connectivity index is 1.35. The van der Waals surface area contributed by atoms with Crippen molar-refractivity contribution in [1.82, 2.24) is 29.3 Å². The molecular formula is C26H24FN7O2S. The van der Waals surface area contributed by atoms with Crippen LogP contribution in [0.1, 0.15) is 43.0 Å². The fraction of sp³-hybridized carbons (Fsp3) is 0.346. The van der Waals surface area contributed by atoms with E-state index in [0.717, 1.165) is 47.4 Å². The van der Waals surface area contributed by atoms with E-state index in [0.29, 0.717) is 16.1 Å². The van der Waals surface area contributed by atoms with E-state index >= 15 is 0 Å². The summed E-state index contributed by atoms with van der Waals surface area (Å²) >= 11 is 1.35. The van der Waals surface area contributed by atoms with Crippen molar-refractivity contribution in [1.29, 1.82) is 5.26 Å². The highest BCUT2D eigenvalue weighted by Gasteiger charge is 2.44. The van der Waals surface area contributed by atoms with E-state index in [2.05, 4.69) is 20.8 Å². The molecule has 1 unspecified atom stereocenters. The van der Waals surface area contributed by atoms with Crippen molar-refractivity contribution < 1.29 is 14.3 Å². The summed E-state index contributed by atoms with van der Waals surface area (Å²) in [5, 5.41) is 28.7. The second-order valence-corrected chi connectivity index (χ2v) is 10.6.